The Morgan fingerprint density at radius 3 is 2.93 bits per heavy atom. The van der Waals surface area contributed by atoms with Gasteiger partial charge in [-0.05, 0) is 97.8 Å². The fourth-order valence-electron chi connectivity index (χ4n) is 6.39. The smallest absolute Gasteiger partial charge is 0.115 e. The Hall–Kier alpha value is -2.07. The van der Waals surface area contributed by atoms with E-state index in [-0.39, 0.29) is 11.5 Å². The minimum absolute atomic E-state index is 0.0330. The predicted octanol–water partition coefficient (Wildman–Crippen LogP) is 4.52. The first-order valence-electron chi connectivity index (χ1n) is 10.7. The molecule has 3 aliphatic rings. The summed E-state index contributed by atoms with van der Waals surface area (Å²) in [5.74, 6) is 2.08. The van der Waals surface area contributed by atoms with Gasteiger partial charge in [0.2, 0.25) is 0 Å². The number of aliphatic hydroxyl groups excluding tert-OH is 1. The first-order valence-corrected chi connectivity index (χ1v) is 10.7. The van der Waals surface area contributed by atoms with E-state index in [0.717, 1.165) is 49.9 Å². The third-order valence-electron chi connectivity index (χ3n) is 7.90. The van der Waals surface area contributed by atoms with Crippen LogP contribution in [0.2, 0.25) is 0 Å². The normalized spacial score (nSPS) is 35.5. The third kappa shape index (κ3) is 2.65. The lowest BCUT2D eigenvalue weighted by Crippen LogP contribution is -2.44. The number of fused-ring (bicyclic) bond motifs is 5. The second-order valence-corrected chi connectivity index (χ2v) is 9.27. The lowest BCUT2D eigenvalue weighted by molar-refractivity contribution is -0.0158. The van der Waals surface area contributed by atoms with Crippen LogP contribution in [0.5, 0.6) is 5.75 Å². The summed E-state index contributed by atoms with van der Waals surface area (Å²) >= 11 is 0. The van der Waals surface area contributed by atoms with E-state index in [0.29, 0.717) is 23.5 Å². The molecule has 2 fully saturated rings. The van der Waals surface area contributed by atoms with Gasteiger partial charge >= 0.3 is 0 Å². The quantitative estimate of drug-likeness (QED) is 0.808. The maximum atomic E-state index is 11.3. The Morgan fingerprint density at radius 2 is 2.14 bits per heavy atom. The number of aryl methyl sites for hydroxylation is 2. The number of hydrogen-bond donors (Lipinski definition) is 2. The van der Waals surface area contributed by atoms with Crippen LogP contribution in [0.25, 0.3) is 6.08 Å². The Bertz CT molecular complexity index is 930. The second kappa shape index (κ2) is 6.48. The summed E-state index contributed by atoms with van der Waals surface area (Å²) in [7, 11) is 0. The molecule has 5 rings (SSSR count). The van der Waals surface area contributed by atoms with Gasteiger partial charge in [-0.2, -0.15) is 5.10 Å². The summed E-state index contributed by atoms with van der Waals surface area (Å²) in [4.78, 5) is 0. The van der Waals surface area contributed by atoms with Gasteiger partial charge in [0.1, 0.15) is 5.75 Å². The van der Waals surface area contributed by atoms with E-state index in [1.54, 1.807) is 0 Å². The van der Waals surface area contributed by atoms with Crippen molar-refractivity contribution in [3.8, 4) is 5.75 Å². The van der Waals surface area contributed by atoms with Gasteiger partial charge < -0.3 is 10.2 Å². The molecule has 0 aliphatic heterocycles. The van der Waals surface area contributed by atoms with Crippen LogP contribution in [0.4, 0.5) is 0 Å². The monoisotopic (exact) mass is 378 g/mol. The summed E-state index contributed by atoms with van der Waals surface area (Å²) < 4.78 is 1.94. The molecular formula is C24H30N2O2. The van der Waals surface area contributed by atoms with E-state index in [1.807, 2.05) is 29.1 Å². The number of hydrogen-bond acceptors (Lipinski definition) is 3. The van der Waals surface area contributed by atoms with Crippen molar-refractivity contribution in [3.63, 3.8) is 0 Å². The summed E-state index contributed by atoms with van der Waals surface area (Å²) in [6.07, 6.45) is 9.12. The maximum absolute atomic E-state index is 11.3. The average Bonchev–Trinajstić information content (AvgIpc) is 3.25. The standard InChI is InChI=1S/C24H30N2O2/c1-3-26-11-9-17(25-26)12-16-14-22-21-6-4-15-13-18(27)5-7-19(15)20(21)8-10-24(22,2)23(16)28/h5,7,9,11-13,20-23,27-28H,3-4,6,8,10,14H2,1-2H3/b16-12+. The minimum Gasteiger partial charge on any atom is -0.508 e. The van der Waals surface area contributed by atoms with Gasteiger partial charge in [0.05, 0.1) is 11.8 Å². The molecule has 5 unspecified atom stereocenters. The van der Waals surface area contributed by atoms with E-state index >= 15 is 0 Å². The molecule has 0 radical (unpaired) electrons. The van der Waals surface area contributed by atoms with E-state index in [1.165, 1.54) is 11.1 Å². The van der Waals surface area contributed by atoms with Crippen molar-refractivity contribution >= 4 is 6.08 Å². The number of aromatic nitrogens is 2. The van der Waals surface area contributed by atoms with Gasteiger partial charge in [-0.1, -0.05) is 13.0 Å². The SMILES string of the molecule is CCn1ccc(/C=C2\CC3C4CCc5cc(O)ccc5C4CCC3(C)C2O)n1. The highest BCUT2D eigenvalue weighted by molar-refractivity contribution is 5.52. The second-order valence-electron chi connectivity index (χ2n) is 9.27. The Kier molecular flexibility index (Phi) is 4.16. The molecule has 0 saturated heterocycles. The first kappa shape index (κ1) is 18.0. The highest BCUT2D eigenvalue weighted by atomic mass is 16.3. The largest absolute Gasteiger partial charge is 0.508 e. The molecule has 0 amide bonds. The van der Waals surface area contributed by atoms with Gasteiger partial charge in [0.25, 0.3) is 0 Å². The number of rotatable bonds is 2. The molecule has 4 nitrogen and oxygen atoms in total. The number of aliphatic hydroxyl groups is 1. The predicted molar refractivity (Wildman–Crippen MR) is 110 cm³/mol. The number of nitrogens with zero attached hydrogens (tertiary/aromatic N) is 2. The van der Waals surface area contributed by atoms with Gasteiger partial charge in [0, 0.05) is 18.2 Å². The molecule has 28 heavy (non-hydrogen) atoms. The Morgan fingerprint density at radius 1 is 1.29 bits per heavy atom. The zero-order valence-corrected chi connectivity index (χ0v) is 16.8. The Balaban J connectivity index is 1.46. The fourth-order valence-corrected chi connectivity index (χ4v) is 6.39. The molecular weight excluding hydrogens is 348 g/mol. The lowest BCUT2D eigenvalue weighted by Gasteiger charge is -2.49. The van der Waals surface area contributed by atoms with Crippen molar-refractivity contribution in [2.75, 3.05) is 0 Å². The topological polar surface area (TPSA) is 58.3 Å². The molecule has 5 atom stereocenters. The molecule has 2 N–H and O–H groups in total. The molecule has 1 aromatic carbocycles. The van der Waals surface area contributed by atoms with E-state index in [2.05, 4.69) is 31.1 Å². The van der Waals surface area contributed by atoms with Crippen molar-refractivity contribution in [2.45, 2.75) is 64.5 Å². The minimum atomic E-state index is -0.369. The fraction of sp³-hybridized carbons (Fsp3) is 0.542. The third-order valence-corrected chi connectivity index (χ3v) is 7.90. The summed E-state index contributed by atoms with van der Waals surface area (Å²) in [6.45, 7) is 5.26. The molecule has 2 saturated carbocycles. The molecule has 3 aliphatic carbocycles. The van der Waals surface area contributed by atoms with Crippen LogP contribution in [-0.2, 0) is 13.0 Å². The highest BCUT2D eigenvalue weighted by Crippen LogP contribution is 2.62. The molecule has 0 spiro atoms. The van der Waals surface area contributed by atoms with Gasteiger partial charge in [-0.15, -0.1) is 0 Å². The van der Waals surface area contributed by atoms with Crippen LogP contribution in [0.15, 0.2) is 36.0 Å². The van der Waals surface area contributed by atoms with Crippen molar-refractivity contribution in [1.29, 1.82) is 0 Å². The molecule has 148 valence electrons. The van der Waals surface area contributed by atoms with Crippen LogP contribution < -0.4 is 0 Å². The highest BCUT2D eigenvalue weighted by Gasteiger charge is 2.56. The molecule has 1 heterocycles. The Labute approximate surface area is 166 Å². The van der Waals surface area contributed by atoms with Crippen LogP contribution in [-0.4, -0.2) is 26.1 Å². The zero-order valence-electron chi connectivity index (χ0n) is 16.8. The van der Waals surface area contributed by atoms with Crippen LogP contribution in [0, 0.1) is 17.3 Å². The number of phenolic OH excluding ortho intramolecular Hbond substituents is 1. The first-order chi connectivity index (χ1) is 13.5. The number of aromatic hydroxyl groups is 1. The molecule has 0 bridgehead atoms. The van der Waals surface area contributed by atoms with Crippen molar-refractivity contribution in [3.05, 3.63) is 52.9 Å². The lowest BCUT2D eigenvalue weighted by atomic mass is 9.55. The van der Waals surface area contributed by atoms with Crippen molar-refractivity contribution in [1.82, 2.24) is 9.78 Å². The van der Waals surface area contributed by atoms with Gasteiger partial charge in [0.15, 0.2) is 0 Å². The average molecular weight is 379 g/mol. The maximum Gasteiger partial charge on any atom is 0.115 e. The van der Waals surface area contributed by atoms with Crippen molar-refractivity contribution in [2.24, 2.45) is 17.3 Å². The van der Waals surface area contributed by atoms with Gasteiger partial charge in [-0.25, -0.2) is 0 Å². The van der Waals surface area contributed by atoms with Crippen molar-refractivity contribution < 1.29 is 10.2 Å². The van der Waals surface area contributed by atoms with Crippen LogP contribution in [0.1, 0.15) is 62.3 Å². The molecule has 1 aromatic heterocycles. The summed E-state index contributed by atoms with van der Waals surface area (Å²) in [6, 6.07) is 7.98. The molecule has 4 heteroatoms. The van der Waals surface area contributed by atoms with E-state index in [9.17, 15) is 10.2 Å². The summed E-state index contributed by atoms with van der Waals surface area (Å²) in [5, 5.41) is 25.7. The van der Waals surface area contributed by atoms with Crippen LogP contribution in [0.3, 0.4) is 0 Å². The zero-order chi connectivity index (χ0) is 19.5. The summed E-state index contributed by atoms with van der Waals surface area (Å²) in [5.41, 5.74) is 4.84. The van der Waals surface area contributed by atoms with Gasteiger partial charge in [-0.3, -0.25) is 4.68 Å². The number of benzene rings is 1. The number of phenols is 1. The molecule has 2 aromatic rings. The van der Waals surface area contributed by atoms with E-state index < -0.39 is 0 Å². The van der Waals surface area contributed by atoms with E-state index in [4.69, 9.17) is 0 Å². The van der Waals surface area contributed by atoms with Crippen LogP contribution >= 0.6 is 0 Å².